The van der Waals surface area contributed by atoms with Crippen LogP contribution in [-0.4, -0.2) is 29.0 Å². The van der Waals surface area contributed by atoms with E-state index in [1.165, 1.54) is 31.5 Å². The van der Waals surface area contributed by atoms with Crippen LogP contribution in [0, 0.1) is 0 Å². The molecule has 25 heavy (non-hydrogen) atoms. The predicted molar refractivity (Wildman–Crippen MR) is 109 cm³/mol. The molecular formula is C19H20BrN3OS. The molecule has 0 saturated carbocycles. The van der Waals surface area contributed by atoms with Crippen molar-refractivity contribution in [1.29, 1.82) is 0 Å². The summed E-state index contributed by atoms with van der Waals surface area (Å²) in [6, 6.07) is 15.3. The number of hydrogen-bond acceptors (Lipinski definition) is 3. The second kappa shape index (κ2) is 8.56. The summed E-state index contributed by atoms with van der Waals surface area (Å²) in [6.07, 6.45) is 2.60. The van der Waals surface area contributed by atoms with Crippen LogP contribution in [0.5, 0.6) is 0 Å². The van der Waals surface area contributed by atoms with Crippen molar-refractivity contribution in [3.8, 4) is 0 Å². The molecule has 1 heterocycles. The molecule has 0 spiro atoms. The lowest BCUT2D eigenvalue weighted by Crippen LogP contribution is -2.34. The SMILES string of the molecule is O=C(NC(=S)Nc1ccc(CN2CCCC2)cc1)c1ccc(Br)cc1. The summed E-state index contributed by atoms with van der Waals surface area (Å²) < 4.78 is 0.929. The molecule has 1 fully saturated rings. The Balaban J connectivity index is 1.51. The molecule has 6 heteroatoms. The van der Waals surface area contributed by atoms with Crippen molar-refractivity contribution in [1.82, 2.24) is 10.2 Å². The minimum absolute atomic E-state index is 0.226. The molecule has 2 N–H and O–H groups in total. The van der Waals surface area contributed by atoms with Gasteiger partial charge in [-0.1, -0.05) is 28.1 Å². The van der Waals surface area contributed by atoms with Gasteiger partial charge in [0.05, 0.1) is 0 Å². The summed E-state index contributed by atoms with van der Waals surface area (Å²) in [5, 5.41) is 6.04. The van der Waals surface area contributed by atoms with Gasteiger partial charge in [0, 0.05) is 22.3 Å². The zero-order valence-corrected chi connectivity index (χ0v) is 16.2. The van der Waals surface area contributed by atoms with Crippen molar-refractivity contribution in [2.45, 2.75) is 19.4 Å². The quantitative estimate of drug-likeness (QED) is 0.732. The molecule has 2 aromatic rings. The first-order chi connectivity index (χ1) is 12.1. The molecule has 130 valence electrons. The molecule has 0 atom stereocenters. The molecule has 3 rings (SSSR count). The molecular weight excluding hydrogens is 398 g/mol. The van der Waals surface area contributed by atoms with E-state index in [-0.39, 0.29) is 5.91 Å². The lowest BCUT2D eigenvalue weighted by molar-refractivity contribution is 0.0977. The van der Waals surface area contributed by atoms with E-state index in [0.717, 1.165) is 16.7 Å². The van der Waals surface area contributed by atoms with Crippen LogP contribution in [0.2, 0.25) is 0 Å². The average Bonchev–Trinajstić information content (AvgIpc) is 3.10. The summed E-state index contributed by atoms with van der Waals surface area (Å²) in [7, 11) is 0. The van der Waals surface area contributed by atoms with Gasteiger partial charge in [-0.15, -0.1) is 0 Å². The fourth-order valence-corrected chi connectivity index (χ4v) is 3.31. The Labute approximate surface area is 161 Å². The first-order valence-electron chi connectivity index (χ1n) is 8.29. The van der Waals surface area contributed by atoms with Crippen LogP contribution >= 0.6 is 28.1 Å². The van der Waals surface area contributed by atoms with Crippen molar-refractivity contribution in [3.63, 3.8) is 0 Å². The smallest absolute Gasteiger partial charge is 0.257 e. The van der Waals surface area contributed by atoms with E-state index in [4.69, 9.17) is 12.2 Å². The van der Waals surface area contributed by atoms with Crippen molar-refractivity contribution >= 4 is 44.9 Å². The van der Waals surface area contributed by atoms with Crippen LogP contribution in [0.3, 0.4) is 0 Å². The molecule has 1 amide bonds. The Bertz CT molecular complexity index is 740. The van der Waals surface area contributed by atoms with E-state index in [1.54, 1.807) is 12.1 Å². The topological polar surface area (TPSA) is 44.4 Å². The van der Waals surface area contributed by atoms with Crippen LogP contribution in [0.1, 0.15) is 28.8 Å². The Hall–Kier alpha value is -1.76. The number of halogens is 1. The number of nitrogens with one attached hydrogen (secondary N) is 2. The minimum atomic E-state index is -0.226. The second-order valence-electron chi connectivity index (χ2n) is 6.10. The summed E-state index contributed by atoms with van der Waals surface area (Å²) in [6.45, 7) is 3.36. The number of benzene rings is 2. The van der Waals surface area contributed by atoms with Crippen LogP contribution in [0.15, 0.2) is 53.0 Å². The number of likely N-dealkylation sites (tertiary alicyclic amines) is 1. The zero-order chi connectivity index (χ0) is 17.6. The van der Waals surface area contributed by atoms with Crippen molar-refractivity contribution in [2.75, 3.05) is 18.4 Å². The number of amides is 1. The van der Waals surface area contributed by atoms with Gasteiger partial charge in [0.1, 0.15) is 0 Å². The first-order valence-corrected chi connectivity index (χ1v) is 9.49. The number of rotatable bonds is 4. The third kappa shape index (κ3) is 5.36. The molecule has 0 aromatic heterocycles. The molecule has 1 aliphatic heterocycles. The van der Waals surface area contributed by atoms with Gasteiger partial charge in [-0.3, -0.25) is 15.0 Å². The fourth-order valence-electron chi connectivity index (χ4n) is 2.83. The van der Waals surface area contributed by atoms with Crippen LogP contribution in [-0.2, 0) is 6.54 Å². The second-order valence-corrected chi connectivity index (χ2v) is 7.42. The van der Waals surface area contributed by atoms with Gasteiger partial charge in [-0.05, 0) is 80.1 Å². The number of anilines is 1. The van der Waals surface area contributed by atoms with E-state index >= 15 is 0 Å². The number of carbonyl (C=O) groups is 1. The third-order valence-electron chi connectivity index (χ3n) is 4.15. The number of carbonyl (C=O) groups excluding carboxylic acids is 1. The third-order valence-corrected chi connectivity index (χ3v) is 4.88. The number of nitrogens with zero attached hydrogens (tertiary/aromatic N) is 1. The lowest BCUT2D eigenvalue weighted by Gasteiger charge is -2.15. The Morgan fingerprint density at radius 3 is 2.32 bits per heavy atom. The van der Waals surface area contributed by atoms with Gasteiger partial charge in [-0.2, -0.15) is 0 Å². The van der Waals surface area contributed by atoms with Gasteiger partial charge < -0.3 is 5.32 Å². The van der Waals surface area contributed by atoms with Gasteiger partial charge in [-0.25, -0.2) is 0 Å². The molecule has 1 saturated heterocycles. The van der Waals surface area contributed by atoms with E-state index in [1.807, 2.05) is 24.3 Å². The molecule has 0 bridgehead atoms. The van der Waals surface area contributed by atoms with Crippen LogP contribution in [0.25, 0.3) is 0 Å². The summed E-state index contributed by atoms with van der Waals surface area (Å²) in [4.78, 5) is 14.6. The maximum atomic E-state index is 12.1. The largest absolute Gasteiger partial charge is 0.332 e. The first kappa shape index (κ1) is 18.0. The molecule has 2 aromatic carbocycles. The molecule has 4 nitrogen and oxygen atoms in total. The van der Waals surface area contributed by atoms with Crippen LogP contribution < -0.4 is 10.6 Å². The van der Waals surface area contributed by atoms with Crippen LogP contribution in [0.4, 0.5) is 5.69 Å². The fraction of sp³-hybridized carbons (Fsp3) is 0.263. The van der Waals surface area contributed by atoms with Gasteiger partial charge in [0.25, 0.3) is 5.91 Å². The van der Waals surface area contributed by atoms with Gasteiger partial charge >= 0.3 is 0 Å². The standard InChI is InChI=1S/C19H20BrN3OS/c20-16-7-5-15(6-8-16)18(24)22-19(25)21-17-9-3-14(4-10-17)13-23-11-1-2-12-23/h3-10H,1-2,11-13H2,(H2,21,22,24,25). The number of thiocarbonyl (C=S) groups is 1. The summed E-state index contributed by atoms with van der Waals surface area (Å²) in [5.41, 5.74) is 2.72. The maximum Gasteiger partial charge on any atom is 0.257 e. The number of hydrogen-bond donors (Lipinski definition) is 2. The van der Waals surface area contributed by atoms with Crippen molar-refractivity contribution in [3.05, 3.63) is 64.1 Å². The van der Waals surface area contributed by atoms with E-state index in [9.17, 15) is 4.79 Å². The lowest BCUT2D eigenvalue weighted by atomic mass is 10.2. The van der Waals surface area contributed by atoms with Crippen molar-refractivity contribution in [2.24, 2.45) is 0 Å². The Morgan fingerprint density at radius 2 is 1.68 bits per heavy atom. The highest BCUT2D eigenvalue weighted by Crippen LogP contribution is 2.15. The molecule has 0 radical (unpaired) electrons. The van der Waals surface area contributed by atoms with Gasteiger partial charge in [0.15, 0.2) is 5.11 Å². The summed E-state index contributed by atoms with van der Waals surface area (Å²) in [5.74, 6) is -0.226. The average molecular weight is 418 g/mol. The van der Waals surface area contributed by atoms with Gasteiger partial charge in [0.2, 0.25) is 0 Å². The van der Waals surface area contributed by atoms with E-state index < -0.39 is 0 Å². The van der Waals surface area contributed by atoms with E-state index in [2.05, 4.69) is 43.6 Å². The normalized spacial score (nSPS) is 14.3. The molecule has 0 aliphatic carbocycles. The predicted octanol–water partition coefficient (Wildman–Crippen LogP) is 4.17. The molecule has 0 unspecified atom stereocenters. The Morgan fingerprint density at radius 1 is 1.04 bits per heavy atom. The minimum Gasteiger partial charge on any atom is -0.332 e. The maximum absolute atomic E-state index is 12.1. The molecule has 1 aliphatic rings. The highest BCUT2D eigenvalue weighted by Gasteiger charge is 2.12. The highest BCUT2D eigenvalue weighted by molar-refractivity contribution is 9.10. The van der Waals surface area contributed by atoms with E-state index in [0.29, 0.717) is 10.7 Å². The highest BCUT2D eigenvalue weighted by atomic mass is 79.9. The zero-order valence-electron chi connectivity index (χ0n) is 13.8. The van der Waals surface area contributed by atoms with Crippen molar-refractivity contribution < 1.29 is 4.79 Å². The monoisotopic (exact) mass is 417 g/mol. The Kier molecular flexibility index (Phi) is 6.18. The summed E-state index contributed by atoms with van der Waals surface area (Å²) >= 11 is 8.58.